The third-order valence-corrected chi connectivity index (χ3v) is 4.03. The average molecular weight is 424 g/mol. The van der Waals surface area contributed by atoms with Crippen molar-refractivity contribution in [2.75, 3.05) is 7.11 Å². The lowest BCUT2D eigenvalue weighted by Gasteiger charge is -2.11. The number of carbonyl (C=O) groups is 1. The zero-order valence-electron chi connectivity index (χ0n) is 14.9. The number of rotatable bonds is 5. The van der Waals surface area contributed by atoms with Crippen LogP contribution in [0.4, 0.5) is 13.2 Å². The highest BCUT2D eigenvalue weighted by Gasteiger charge is 2.41. The van der Waals surface area contributed by atoms with E-state index in [0.29, 0.717) is 21.0 Å². The third-order valence-electron chi connectivity index (χ3n) is 3.78. The molecule has 0 radical (unpaired) electrons. The Labute approximate surface area is 168 Å². The van der Waals surface area contributed by atoms with E-state index in [-0.39, 0.29) is 5.69 Å². The first-order valence-corrected chi connectivity index (χ1v) is 8.47. The van der Waals surface area contributed by atoms with Crippen molar-refractivity contribution in [3.05, 3.63) is 76.6 Å². The van der Waals surface area contributed by atoms with Gasteiger partial charge in [0.15, 0.2) is 5.69 Å². The van der Waals surface area contributed by atoms with Crippen molar-refractivity contribution in [1.82, 2.24) is 9.78 Å². The van der Waals surface area contributed by atoms with Crippen LogP contribution in [0.2, 0.25) is 5.02 Å². The Bertz CT molecular complexity index is 1030. The minimum absolute atomic E-state index is 0.0857. The molecule has 150 valence electrons. The number of halogens is 4. The number of oxime groups is 1. The van der Waals surface area contributed by atoms with Crippen molar-refractivity contribution in [3.63, 3.8) is 0 Å². The monoisotopic (exact) mass is 423 g/mol. The maximum atomic E-state index is 13.6. The van der Waals surface area contributed by atoms with Crippen LogP contribution in [0.3, 0.4) is 0 Å². The van der Waals surface area contributed by atoms with Crippen LogP contribution >= 0.6 is 11.6 Å². The summed E-state index contributed by atoms with van der Waals surface area (Å²) in [6, 6.07) is 12.1. The van der Waals surface area contributed by atoms with E-state index >= 15 is 0 Å². The van der Waals surface area contributed by atoms with Gasteiger partial charge < -0.3 is 9.57 Å². The number of hydrogen-bond donors (Lipinski definition) is 0. The first-order chi connectivity index (χ1) is 13.8. The molecule has 0 amide bonds. The number of carbonyl (C=O) groups excluding carboxylic acids is 1. The lowest BCUT2D eigenvalue weighted by molar-refractivity contribution is -0.143. The second-order valence-electron chi connectivity index (χ2n) is 5.68. The van der Waals surface area contributed by atoms with Gasteiger partial charge in [0, 0.05) is 5.02 Å². The molecular weight excluding hydrogens is 411 g/mol. The fraction of sp³-hybridized carbons (Fsp3) is 0.105. The van der Waals surface area contributed by atoms with Gasteiger partial charge in [-0.2, -0.15) is 18.3 Å². The Balaban J connectivity index is 1.84. The van der Waals surface area contributed by atoms with E-state index in [0.717, 1.165) is 6.20 Å². The smallest absolute Gasteiger partial charge is 0.434 e. The van der Waals surface area contributed by atoms with Gasteiger partial charge in [0.1, 0.15) is 11.3 Å². The second-order valence-corrected chi connectivity index (χ2v) is 6.12. The fourth-order valence-electron chi connectivity index (χ4n) is 2.42. The summed E-state index contributed by atoms with van der Waals surface area (Å²) < 4.78 is 46.3. The van der Waals surface area contributed by atoms with E-state index in [1.807, 2.05) is 0 Å². The summed E-state index contributed by atoms with van der Waals surface area (Å²) in [6.07, 6.45) is -2.89. The van der Waals surface area contributed by atoms with Gasteiger partial charge in [-0.05, 0) is 54.1 Å². The summed E-state index contributed by atoms with van der Waals surface area (Å²) in [5, 5.41) is 7.48. The number of ether oxygens (including phenoxy) is 1. The van der Waals surface area contributed by atoms with Crippen LogP contribution in [-0.2, 0) is 11.0 Å². The molecule has 0 N–H and O–H groups in total. The summed E-state index contributed by atoms with van der Waals surface area (Å²) in [6.45, 7) is 0. The molecule has 6 nitrogen and oxygen atoms in total. The summed E-state index contributed by atoms with van der Waals surface area (Å²) in [7, 11) is 1.51. The average Bonchev–Trinajstić information content (AvgIpc) is 3.15. The van der Waals surface area contributed by atoms with Gasteiger partial charge >= 0.3 is 12.1 Å². The molecule has 3 rings (SSSR count). The SMILES string of the molecule is COc1ccc(/C=N\OC(=O)c2cnn(-c3ccc(Cl)cc3)c2C(F)(F)F)cc1. The summed E-state index contributed by atoms with van der Waals surface area (Å²) in [5.41, 5.74) is -1.39. The highest BCUT2D eigenvalue weighted by Crippen LogP contribution is 2.34. The largest absolute Gasteiger partial charge is 0.497 e. The normalized spacial score (nSPS) is 11.6. The van der Waals surface area contributed by atoms with Crippen LogP contribution in [-0.4, -0.2) is 29.1 Å². The third kappa shape index (κ3) is 4.75. The molecule has 1 heterocycles. The topological polar surface area (TPSA) is 65.7 Å². The molecule has 0 aliphatic heterocycles. The van der Waals surface area contributed by atoms with E-state index in [1.165, 1.54) is 37.6 Å². The van der Waals surface area contributed by atoms with E-state index in [4.69, 9.17) is 16.3 Å². The highest BCUT2D eigenvalue weighted by atomic mass is 35.5. The Hall–Kier alpha value is -3.33. The number of methoxy groups -OCH3 is 1. The Kier molecular flexibility index (Phi) is 5.88. The summed E-state index contributed by atoms with van der Waals surface area (Å²) >= 11 is 5.76. The van der Waals surface area contributed by atoms with Gasteiger partial charge in [-0.25, -0.2) is 9.48 Å². The molecule has 0 saturated carbocycles. The molecule has 0 aliphatic carbocycles. The molecule has 1 aromatic heterocycles. The Morgan fingerprint density at radius 2 is 1.79 bits per heavy atom. The molecule has 3 aromatic rings. The molecule has 0 aliphatic rings. The molecule has 10 heteroatoms. The van der Waals surface area contributed by atoms with Crippen molar-refractivity contribution in [2.45, 2.75) is 6.18 Å². The molecule has 0 fully saturated rings. The quantitative estimate of drug-likeness (QED) is 0.337. The summed E-state index contributed by atoms with van der Waals surface area (Å²) in [4.78, 5) is 16.8. The molecule has 0 atom stereocenters. The van der Waals surface area contributed by atoms with Gasteiger partial charge in [0.25, 0.3) is 0 Å². The number of benzene rings is 2. The van der Waals surface area contributed by atoms with Gasteiger partial charge in [0.2, 0.25) is 0 Å². The maximum absolute atomic E-state index is 13.6. The number of hydrogen-bond acceptors (Lipinski definition) is 5. The van der Waals surface area contributed by atoms with Crippen molar-refractivity contribution >= 4 is 23.8 Å². The lowest BCUT2D eigenvalue weighted by Crippen LogP contribution is -2.18. The lowest BCUT2D eigenvalue weighted by atomic mass is 10.2. The van der Waals surface area contributed by atoms with Gasteiger partial charge in [-0.15, -0.1) is 0 Å². The standard InChI is InChI=1S/C19H13ClF3N3O3/c1-28-15-8-2-12(3-9-15)10-25-29-18(27)16-11-24-26(17(16)19(21,22)23)14-6-4-13(20)5-7-14/h2-11H,1H3/b25-10-. The molecule has 0 saturated heterocycles. The number of aromatic nitrogens is 2. The van der Waals surface area contributed by atoms with Crippen LogP contribution < -0.4 is 4.74 Å². The Morgan fingerprint density at radius 3 is 2.38 bits per heavy atom. The zero-order valence-corrected chi connectivity index (χ0v) is 15.6. The van der Waals surface area contributed by atoms with Crippen LogP contribution in [0, 0.1) is 0 Å². The van der Waals surface area contributed by atoms with Gasteiger partial charge in [-0.3, -0.25) is 0 Å². The predicted octanol–water partition coefficient (Wildman–Crippen LogP) is 4.74. The molecule has 0 bridgehead atoms. The van der Waals surface area contributed by atoms with E-state index < -0.39 is 23.4 Å². The number of alkyl halides is 3. The minimum Gasteiger partial charge on any atom is -0.497 e. The molecule has 2 aromatic carbocycles. The first kappa shape index (κ1) is 20.4. The Morgan fingerprint density at radius 1 is 1.14 bits per heavy atom. The second kappa shape index (κ2) is 8.36. The van der Waals surface area contributed by atoms with Crippen LogP contribution in [0.1, 0.15) is 21.6 Å². The van der Waals surface area contributed by atoms with Crippen molar-refractivity contribution in [3.8, 4) is 11.4 Å². The first-order valence-electron chi connectivity index (χ1n) is 8.09. The number of nitrogens with zero attached hydrogens (tertiary/aromatic N) is 3. The van der Waals surface area contributed by atoms with E-state index in [1.54, 1.807) is 24.3 Å². The zero-order chi connectivity index (χ0) is 21.0. The molecule has 0 unspecified atom stereocenters. The van der Waals surface area contributed by atoms with Crippen molar-refractivity contribution in [2.24, 2.45) is 5.16 Å². The molecular formula is C19H13ClF3N3O3. The van der Waals surface area contributed by atoms with E-state index in [9.17, 15) is 18.0 Å². The van der Waals surface area contributed by atoms with Crippen LogP contribution in [0.15, 0.2) is 59.9 Å². The van der Waals surface area contributed by atoms with Crippen molar-refractivity contribution in [1.29, 1.82) is 0 Å². The van der Waals surface area contributed by atoms with E-state index in [2.05, 4.69) is 15.1 Å². The summed E-state index contributed by atoms with van der Waals surface area (Å²) in [5.74, 6) is -0.675. The minimum atomic E-state index is -4.86. The maximum Gasteiger partial charge on any atom is 0.434 e. The van der Waals surface area contributed by atoms with Crippen molar-refractivity contribution < 1.29 is 27.5 Å². The van der Waals surface area contributed by atoms with Gasteiger partial charge in [0.05, 0.1) is 25.2 Å². The van der Waals surface area contributed by atoms with Gasteiger partial charge in [-0.1, -0.05) is 16.8 Å². The molecule has 0 spiro atoms. The van der Waals surface area contributed by atoms with Crippen LogP contribution in [0.25, 0.3) is 5.69 Å². The predicted molar refractivity (Wildman–Crippen MR) is 99.6 cm³/mol. The van der Waals surface area contributed by atoms with Crippen LogP contribution in [0.5, 0.6) is 5.75 Å². The fourth-order valence-corrected chi connectivity index (χ4v) is 2.55. The highest BCUT2D eigenvalue weighted by molar-refractivity contribution is 6.30. The molecule has 29 heavy (non-hydrogen) atoms.